The Hall–Kier alpha value is 0.0500. The number of allylic oxidation sites excluding steroid dienone is 2. The van der Waals surface area contributed by atoms with Gasteiger partial charge in [0.2, 0.25) is 0 Å². The van der Waals surface area contributed by atoms with E-state index in [0.717, 1.165) is 11.7 Å². The lowest BCUT2D eigenvalue weighted by atomic mass is 9.91. The molecule has 1 unspecified atom stereocenters. The molecule has 0 saturated heterocycles. The van der Waals surface area contributed by atoms with Gasteiger partial charge in [0, 0.05) is 5.75 Å². The zero-order chi connectivity index (χ0) is 17.8. The molecule has 0 aliphatic heterocycles. The van der Waals surface area contributed by atoms with Crippen LogP contribution in [0.5, 0.6) is 0 Å². The molecule has 1 aliphatic rings. The number of hydrogen-bond donors (Lipinski definition) is 0. The normalized spacial score (nSPS) is 15.0. The Kier molecular flexibility index (Phi) is 28.5. The van der Waals surface area contributed by atoms with Crippen LogP contribution in [0.1, 0.15) is 93.9 Å². The second-order valence-electron chi connectivity index (χ2n) is 6.12. The van der Waals surface area contributed by atoms with Crippen molar-refractivity contribution in [2.45, 2.75) is 93.9 Å². The molecule has 136 valence electrons. The lowest BCUT2D eigenvalue weighted by molar-refractivity contribution is 0.385. The van der Waals surface area contributed by atoms with E-state index in [4.69, 9.17) is 4.18 Å². The average Bonchev–Trinajstić information content (AvgIpc) is 2.49. The monoisotopic (exact) mass is 332 g/mol. The molecule has 0 aromatic carbocycles. The summed E-state index contributed by atoms with van der Waals surface area (Å²) in [4.78, 5) is 0. The fourth-order valence-corrected chi connectivity index (χ4v) is 2.55. The third-order valence-electron chi connectivity index (χ3n) is 2.96. The highest BCUT2D eigenvalue weighted by Crippen LogP contribution is 2.22. The molecule has 2 heteroatoms. The summed E-state index contributed by atoms with van der Waals surface area (Å²) in [5, 5.41) is 0. The van der Waals surface area contributed by atoms with Gasteiger partial charge in [0.15, 0.2) is 0 Å². The van der Waals surface area contributed by atoms with Gasteiger partial charge in [0.1, 0.15) is 0 Å². The van der Waals surface area contributed by atoms with E-state index < -0.39 is 0 Å². The SMILES string of the molecule is CC.CC1CCCCC1.CCC.COSCC(C)C=C(C)C. The van der Waals surface area contributed by atoms with E-state index in [0.29, 0.717) is 5.92 Å². The fraction of sp³-hybridized carbons (Fsp3) is 0.900. The molecule has 1 fully saturated rings. The largest absolute Gasteiger partial charge is 0.319 e. The van der Waals surface area contributed by atoms with Gasteiger partial charge in [-0.15, -0.1) is 0 Å². The van der Waals surface area contributed by atoms with Crippen molar-refractivity contribution in [3.63, 3.8) is 0 Å². The van der Waals surface area contributed by atoms with Crippen molar-refractivity contribution in [3.05, 3.63) is 11.6 Å². The van der Waals surface area contributed by atoms with Gasteiger partial charge in [-0.3, -0.25) is 0 Å². The van der Waals surface area contributed by atoms with Gasteiger partial charge in [-0.25, -0.2) is 0 Å². The maximum absolute atomic E-state index is 4.88. The summed E-state index contributed by atoms with van der Waals surface area (Å²) < 4.78 is 4.88. The summed E-state index contributed by atoms with van der Waals surface area (Å²) in [6.45, 7) is 17.0. The van der Waals surface area contributed by atoms with Gasteiger partial charge in [-0.1, -0.05) is 91.7 Å². The Morgan fingerprint density at radius 1 is 1.14 bits per heavy atom. The number of rotatable bonds is 4. The average molecular weight is 333 g/mol. The maximum atomic E-state index is 4.88. The Morgan fingerprint density at radius 2 is 1.59 bits per heavy atom. The predicted octanol–water partition coefficient (Wildman–Crippen LogP) is 7.91. The quantitative estimate of drug-likeness (QED) is 0.382. The van der Waals surface area contributed by atoms with Crippen LogP contribution in [0.4, 0.5) is 0 Å². The molecule has 0 N–H and O–H groups in total. The first-order chi connectivity index (χ1) is 10.5. The van der Waals surface area contributed by atoms with E-state index >= 15 is 0 Å². The first-order valence-corrected chi connectivity index (χ1v) is 10.2. The summed E-state index contributed by atoms with van der Waals surface area (Å²) >= 11 is 1.51. The van der Waals surface area contributed by atoms with Gasteiger partial charge < -0.3 is 4.18 Å². The van der Waals surface area contributed by atoms with E-state index in [1.165, 1.54) is 56.1 Å². The van der Waals surface area contributed by atoms with E-state index in [-0.39, 0.29) is 0 Å². The van der Waals surface area contributed by atoms with E-state index in [9.17, 15) is 0 Å². The first kappa shape index (κ1) is 26.9. The third kappa shape index (κ3) is 28.2. The molecular weight excluding hydrogens is 288 g/mol. The van der Waals surface area contributed by atoms with Crippen molar-refractivity contribution < 1.29 is 4.18 Å². The smallest absolute Gasteiger partial charge is 0.0503 e. The first-order valence-electron chi connectivity index (χ1n) is 9.28. The molecule has 0 radical (unpaired) electrons. The van der Waals surface area contributed by atoms with Crippen LogP contribution < -0.4 is 0 Å². The lowest BCUT2D eigenvalue weighted by Gasteiger charge is -2.15. The lowest BCUT2D eigenvalue weighted by Crippen LogP contribution is -1.99. The zero-order valence-corrected chi connectivity index (χ0v) is 17.8. The highest BCUT2D eigenvalue weighted by Gasteiger charge is 2.05. The molecule has 22 heavy (non-hydrogen) atoms. The van der Waals surface area contributed by atoms with Crippen molar-refractivity contribution in [2.75, 3.05) is 12.9 Å². The molecule has 0 spiro atoms. The minimum atomic E-state index is 0.620. The van der Waals surface area contributed by atoms with Gasteiger partial charge in [0.05, 0.1) is 7.11 Å². The molecule has 0 bridgehead atoms. The molecule has 1 rings (SSSR count). The molecule has 1 saturated carbocycles. The predicted molar refractivity (Wildman–Crippen MR) is 108 cm³/mol. The Morgan fingerprint density at radius 3 is 1.86 bits per heavy atom. The summed E-state index contributed by atoms with van der Waals surface area (Å²) in [7, 11) is 1.71. The van der Waals surface area contributed by atoms with Crippen molar-refractivity contribution in [2.24, 2.45) is 11.8 Å². The second-order valence-corrected chi connectivity index (χ2v) is 7.03. The molecular formula is C20H44OS. The molecule has 1 nitrogen and oxygen atoms in total. The van der Waals surface area contributed by atoms with Crippen LogP contribution in [-0.2, 0) is 4.18 Å². The van der Waals surface area contributed by atoms with E-state index in [1.807, 2.05) is 13.8 Å². The van der Waals surface area contributed by atoms with Crippen molar-refractivity contribution in [1.82, 2.24) is 0 Å². The zero-order valence-electron chi connectivity index (χ0n) is 17.0. The van der Waals surface area contributed by atoms with Crippen LogP contribution in [0.25, 0.3) is 0 Å². The molecule has 0 heterocycles. The molecule has 0 aromatic heterocycles. The minimum Gasteiger partial charge on any atom is -0.319 e. The second kappa shape index (κ2) is 23.3. The molecule has 0 amide bonds. The Balaban J connectivity index is -0.000000261. The van der Waals surface area contributed by atoms with Crippen molar-refractivity contribution >= 4 is 12.0 Å². The van der Waals surface area contributed by atoms with Crippen molar-refractivity contribution in [3.8, 4) is 0 Å². The van der Waals surface area contributed by atoms with Crippen LogP contribution in [0, 0.1) is 11.8 Å². The van der Waals surface area contributed by atoms with Gasteiger partial charge in [-0.05, 0) is 37.7 Å². The fourth-order valence-electron chi connectivity index (χ4n) is 2.10. The van der Waals surface area contributed by atoms with E-state index in [2.05, 4.69) is 47.6 Å². The summed E-state index contributed by atoms with van der Waals surface area (Å²) in [6, 6.07) is 0. The Bertz CT molecular complexity index is 204. The third-order valence-corrected chi connectivity index (χ3v) is 3.86. The van der Waals surface area contributed by atoms with Crippen LogP contribution in [0.3, 0.4) is 0 Å². The molecule has 1 aliphatic carbocycles. The Labute approximate surface area is 146 Å². The highest BCUT2D eigenvalue weighted by molar-refractivity contribution is 7.94. The maximum Gasteiger partial charge on any atom is 0.0503 e. The minimum absolute atomic E-state index is 0.620. The summed E-state index contributed by atoms with van der Waals surface area (Å²) in [5.74, 6) is 2.70. The summed E-state index contributed by atoms with van der Waals surface area (Å²) in [5.41, 5.74) is 1.38. The van der Waals surface area contributed by atoms with Gasteiger partial charge in [-0.2, -0.15) is 0 Å². The van der Waals surface area contributed by atoms with Crippen molar-refractivity contribution in [1.29, 1.82) is 0 Å². The highest BCUT2D eigenvalue weighted by atomic mass is 32.2. The van der Waals surface area contributed by atoms with Crippen LogP contribution in [0.2, 0.25) is 0 Å². The van der Waals surface area contributed by atoms with E-state index in [1.54, 1.807) is 7.11 Å². The molecule has 0 aromatic rings. The van der Waals surface area contributed by atoms with Crippen LogP contribution >= 0.6 is 12.0 Å². The van der Waals surface area contributed by atoms with Gasteiger partial charge in [0.25, 0.3) is 0 Å². The van der Waals surface area contributed by atoms with Crippen LogP contribution in [-0.4, -0.2) is 12.9 Å². The van der Waals surface area contributed by atoms with Crippen LogP contribution in [0.15, 0.2) is 11.6 Å². The number of hydrogen-bond acceptors (Lipinski definition) is 2. The molecule has 1 atom stereocenters. The topological polar surface area (TPSA) is 9.23 Å². The standard InChI is InChI=1S/C8H16OS.C7H14.C3H8.C2H6/c1-7(2)5-8(3)6-10-9-4;1-7-5-3-2-4-6-7;1-3-2;1-2/h5,8H,6H2,1-4H3;7H,2-6H2,1H3;3H2,1-2H3;1-2H3. The summed E-state index contributed by atoms with van der Waals surface area (Å²) in [6.07, 6.45) is 10.9. The van der Waals surface area contributed by atoms with Gasteiger partial charge >= 0.3 is 0 Å².